The van der Waals surface area contributed by atoms with E-state index in [1.807, 2.05) is 45.0 Å². The predicted molar refractivity (Wildman–Crippen MR) is 76.2 cm³/mol. The average molecular weight is 262 g/mol. The standard InChI is InChI=1S/C15H22N2O2/c1-15(2,3)19-14(18)17-13-6-4-11(5-7-13)10-16-12-8-9-12/h4-7,12,16H,8-10H2,1-3H3,(H,17,18). The van der Waals surface area contributed by atoms with Gasteiger partial charge in [0.05, 0.1) is 0 Å². The summed E-state index contributed by atoms with van der Waals surface area (Å²) in [5.41, 5.74) is 1.50. The SMILES string of the molecule is CC(C)(C)OC(=O)Nc1ccc(CNC2CC2)cc1. The highest BCUT2D eigenvalue weighted by Crippen LogP contribution is 2.19. The Morgan fingerprint density at radius 3 is 2.42 bits per heavy atom. The van der Waals surface area contributed by atoms with Crippen LogP contribution in [-0.2, 0) is 11.3 Å². The lowest BCUT2D eigenvalue weighted by atomic mass is 10.2. The summed E-state index contributed by atoms with van der Waals surface area (Å²) in [6.45, 7) is 6.43. The Hall–Kier alpha value is -1.55. The number of carbonyl (C=O) groups is 1. The first-order chi connectivity index (χ1) is 8.92. The maximum atomic E-state index is 11.6. The largest absolute Gasteiger partial charge is 0.444 e. The van der Waals surface area contributed by atoms with Crippen molar-refractivity contribution in [3.05, 3.63) is 29.8 Å². The van der Waals surface area contributed by atoms with E-state index < -0.39 is 11.7 Å². The van der Waals surface area contributed by atoms with Gasteiger partial charge < -0.3 is 10.1 Å². The van der Waals surface area contributed by atoms with Gasteiger partial charge in [-0.15, -0.1) is 0 Å². The minimum absolute atomic E-state index is 0.420. The van der Waals surface area contributed by atoms with Gasteiger partial charge in [-0.2, -0.15) is 0 Å². The lowest BCUT2D eigenvalue weighted by Gasteiger charge is -2.19. The number of anilines is 1. The molecule has 1 fully saturated rings. The molecule has 0 spiro atoms. The molecular weight excluding hydrogens is 240 g/mol. The van der Waals surface area contributed by atoms with Crippen LogP contribution in [0.5, 0.6) is 0 Å². The number of hydrogen-bond donors (Lipinski definition) is 2. The first-order valence-electron chi connectivity index (χ1n) is 6.75. The van der Waals surface area contributed by atoms with Crippen LogP contribution >= 0.6 is 0 Å². The van der Waals surface area contributed by atoms with Gasteiger partial charge in [0.15, 0.2) is 0 Å². The van der Waals surface area contributed by atoms with E-state index in [1.54, 1.807) is 0 Å². The Kier molecular flexibility index (Phi) is 4.10. The molecule has 1 aromatic rings. The molecule has 0 atom stereocenters. The fourth-order valence-corrected chi connectivity index (χ4v) is 1.68. The van der Waals surface area contributed by atoms with Crippen molar-refractivity contribution < 1.29 is 9.53 Å². The van der Waals surface area contributed by atoms with Crippen molar-refractivity contribution in [1.82, 2.24) is 5.32 Å². The Labute approximate surface area is 114 Å². The molecule has 104 valence electrons. The Morgan fingerprint density at radius 1 is 1.26 bits per heavy atom. The molecule has 1 aliphatic carbocycles. The van der Waals surface area contributed by atoms with Crippen LogP contribution in [0, 0.1) is 0 Å². The van der Waals surface area contributed by atoms with Crippen molar-refractivity contribution in [1.29, 1.82) is 0 Å². The van der Waals surface area contributed by atoms with Crippen LogP contribution in [0.25, 0.3) is 0 Å². The van der Waals surface area contributed by atoms with Gasteiger partial charge in [0, 0.05) is 18.3 Å². The van der Waals surface area contributed by atoms with Crippen LogP contribution in [0.3, 0.4) is 0 Å². The van der Waals surface area contributed by atoms with E-state index in [-0.39, 0.29) is 0 Å². The Bertz CT molecular complexity index is 430. The summed E-state index contributed by atoms with van der Waals surface area (Å²) >= 11 is 0. The summed E-state index contributed by atoms with van der Waals surface area (Å²) in [6.07, 6.45) is 2.16. The van der Waals surface area contributed by atoms with E-state index >= 15 is 0 Å². The molecule has 0 heterocycles. The molecule has 0 aliphatic heterocycles. The summed E-state index contributed by atoms with van der Waals surface area (Å²) in [5.74, 6) is 0. The molecule has 19 heavy (non-hydrogen) atoms. The van der Waals surface area contributed by atoms with E-state index in [9.17, 15) is 4.79 Å². The summed E-state index contributed by atoms with van der Waals surface area (Å²) in [5, 5.41) is 6.17. The van der Waals surface area contributed by atoms with Crippen molar-refractivity contribution in [3.63, 3.8) is 0 Å². The van der Waals surface area contributed by atoms with Crippen LogP contribution in [0.2, 0.25) is 0 Å². The highest BCUT2D eigenvalue weighted by molar-refractivity contribution is 5.84. The van der Waals surface area contributed by atoms with Gasteiger partial charge in [0.2, 0.25) is 0 Å². The van der Waals surface area contributed by atoms with Crippen molar-refractivity contribution in [2.45, 2.75) is 51.8 Å². The zero-order valence-electron chi connectivity index (χ0n) is 11.8. The van der Waals surface area contributed by atoms with E-state index in [2.05, 4.69) is 10.6 Å². The molecular formula is C15H22N2O2. The van der Waals surface area contributed by atoms with E-state index in [4.69, 9.17) is 4.74 Å². The molecule has 1 aliphatic rings. The summed E-state index contributed by atoms with van der Waals surface area (Å²) in [4.78, 5) is 11.6. The van der Waals surface area contributed by atoms with E-state index in [0.717, 1.165) is 12.2 Å². The molecule has 0 bridgehead atoms. The summed E-state index contributed by atoms with van der Waals surface area (Å²) < 4.78 is 5.20. The molecule has 4 nitrogen and oxygen atoms in total. The molecule has 0 aromatic heterocycles. The van der Waals surface area contributed by atoms with Crippen LogP contribution < -0.4 is 10.6 Å². The minimum Gasteiger partial charge on any atom is -0.444 e. The van der Waals surface area contributed by atoms with Crippen molar-refractivity contribution in [2.24, 2.45) is 0 Å². The van der Waals surface area contributed by atoms with E-state index in [0.29, 0.717) is 6.04 Å². The van der Waals surface area contributed by atoms with Gasteiger partial charge in [-0.3, -0.25) is 5.32 Å². The predicted octanol–water partition coefficient (Wildman–Crippen LogP) is 3.29. The zero-order chi connectivity index (χ0) is 13.9. The molecule has 2 rings (SSSR count). The van der Waals surface area contributed by atoms with Crippen molar-refractivity contribution in [2.75, 3.05) is 5.32 Å². The maximum Gasteiger partial charge on any atom is 0.412 e. The van der Waals surface area contributed by atoms with Crippen LogP contribution in [0.15, 0.2) is 24.3 Å². The molecule has 0 saturated heterocycles. The summed E-state index contributed by atoms with van der Waals surface area (Å²) in [7, 11) is 0. The third kappa shape index (κ3) is 5.30. The Balaban J connectivity index is 1.81. The number of ether oxygens (including phenoxy) is 1. The third-order valence-corrected chi connectivity index (χ3v) is 2.77. The second-order valence-electron chi connectivity index (χ2n) is 5.98. The third-order valence-electron chi connectivity index (χ3n) is 2.77. The zero-order valence-corrected chi connectivity index (χ0v) is 11.8. The van der Waals surface area contributed by atoms with Crippen LogP contribution in [0.1, 0.15) is 39.2 Å². The lowest BCUT2D eigenvalue weighted by Crippen LogP contribution is -2.27. The maximum absolute atomic E-state index is 11.6. The van der Waals surface area contributed by atoms with Gasteiger partial charge in [-0.05, 0) is 51.3 Å². The van der Waals surface area contributed by atoms with Gasteiger partial charge >= 0.3 is 6.09 Å². The average Bonchev–Trinajstić information content (AvgIpc) is 3.09. The normalized spacial score (nSPS) is 15.1. The van der Waals surface area contributed by atoms with E-state index in [1.165, 1.54) is 18.4 Å². The topological polar surface area (TPSA) is 50.4 Å². The Morgan fingerprint density at radius 2 is 1.89 bits per heavy atom. The first kappa shape index (κ1) is 13.9. The van der Waals surface area contributed by atoms with Gasteiger partial charge in [-0.25, -0.2) is 4.79 Å². The summed E-state index contributed by atoms with van der Waals surface area (Å²) in [6, 6.07) is 8.53. The fourth-order valence-electron chi connectivity index (χ4n) is 1.68. The number of amides is 1. The second-order valence-corrected chi connectivity index (χ2v) is 5.98. The highest BCUT2D eigenvalue weighted by atomic mass is 16.6. The van der Waals surface area contributed by atoms with Crippen LogP contribution in [-0.4, -0.2) is 17.7 Å². The first-order valence-corrected chi connectivity index (χ1v) is 6.75. The highest BCUT2D eigenvalue weighted by Gasteiger charge is 2.20. The lowest BCUT2D eigenvalue weighted by molar-refractivity contribution is 0.0636. The van der Waals surface area contributed by atoms with Crippen molar-refractivity contribution in [3.8, 4) is 0 Å². The molecule has 0 radical (unpaired) electrons. The number of rotatable bonds is 4. The smallest absolute Gasteiger partial charge is 0.412 e. The van der Waals surface area contributed by atoms with Gasteiger partial charge in [-0.1, -0.05) is 12.1 Å². The fraction of sp³-hybridized carbons (Fsp3) is 0.533. The van der Waals surface area contributed by atoms with Crippen molar-refractivity contribution >= 4 is 11.8 Å². The number of carbonyl (C=O) groups excluding carboxylic acids is 1. The number of benzene rings is 1. The monoisotopic (exact) mass is 262 g/mol. The van der Waals surface area contributed by atoms with Gasteiger partial charge in [0.25, 0.3) is 0 Å². The van der Waals surface area contributed by atoms with Crippen LogP contribution in [0.4, 0.5) is 10.5 Å². The molecule has 2 N–H and O–H groups in total. The molecule has 0 unspecified atom stereocenters. The molecule has 4 heteroatoms. The molecule has 1 saturated carbocycles. The second kappa shape index (κ2) is 5.61. The minimum atomic E-state index is -0.474. The number of nitrogens with one attached hydrogen (secondary N) is 2. The molecule has 1 aromatic carbocycles. The quantitative estimate of drug-likeness (QED) is 0.875. The molecule has 1 amide bonds. The van der Waals surface area contributed by atoms with Gasteiger partial charge in [0.1, 0.15) is 5.60 Å². The number of hydrogen-bond acceptors (Lipinski definition) is 3.